The Hall–Kier alpha value is -2.17. The van der Waals surface area contributed by atoms with Gasteiger partial charge in [-0.15, -0.1) is 0 Å². The normalized spacial score (nSPS) is 10.7. The summed E-state index contributed by atoms with van der Waals surface area (Å²) in [6.07, 6.45) is 4.38. The lowest BCUT2D eigenvalue weighted by atomic mass is 10.2. The van der Waals surface area contributed by atoms with Gasteiger partial charge in [0.05, 0.1) is 6.61 Å². The summed E-state index contributed by atoms with van der Waals surface area (Å²) in [6.45, 7) is 7.60. The lowest BCUT2D eigenvalue weighted by Crippen LogP contribution is -2.09. The van der Waals surface area contributed by atoms with Crippen molar-refractivity contribution in [2.24, 2.45) is 5.92 Å². The van der Waals surface area contributed by atoms with E-state index in [1.54, 1.807) is 6.20 Å². The molecular formula is C16H22N4O. The average Bonchev–Trinajstić information content (AvgIpc) is 2.51. The number of rotatable bonds is 7. The molecule has 1 N–H and O–H groups in total. The number of ether oxygens (including phenoxy) is 1. The number of anilines is 1. The number of aromatic nitrogens is 3. The van der Waals surface area contributed by atoms with E-state index in [0.29, 0.717) is 24.9 Å². The number of hydrogen-bond acceptors (Lipinski definition) is 5. The van der Waals surface area contributed by atoms with Gasteiger partial charge in [0.15, 0.2) is 0 Å². The summed E-state index contributed by atoms with van der Waals surface area (Å²) in [5, 5.41) is 3.29. The summed E-state index contributed by atoms with van der Waals surface area (Å²) in [7, 11) is 0. The lowest BCUT2D eigenvalue weighted by molar-refractivity contribution is 0.260. The van der Waals surface area contributed by atoms with E-state index in [2.05, 4.69) is 34.1 Å². The van der Waals surface area contributed by atoms with Crippen LogP contribution in [0.5, 0.6) is 5.88 Å². The largest absolute Gasteiger partial charge is 0.477 e. The fraction of sp³-hybridized carbons (Fsp3) is 0.438. The van der Waals surface area contributed by atoms with Crippen molar-refractivity contribution in [1.29, 1.82) is 0 Å². The van der Waals surface area contributed by atoms with Crippen molar-refractivity contribution in [3.63, 3.8) is 0 Å². The smallest absolute Gasteiger partial charge is 0.218 e. The molecule has 5 heteroatoms. The van der Waals surface area contributed by atoms with Crippen LogP contribution >= 0.6 is 0 Å². The van der Waals surface area contributed by atoms with Crippen LogP contribution in [0.25, 0.3) is 0 Å². The van der Waals surface area contributed by atoms with Crippen LogP contribution in [0.4, 0.5) is 5.82 Å². The third kappa shape index (κ3) is 5.02. The summed E-state index contributed by atoms with van der Waals surface area (Å²) in [5.41, 5.74) is 1.11. The Morgan fingerprint density at radius 1 is 1.29 bits per heavy atom. The Labute approximate surface area is 125 Å². The van der Waals surface area contributed by atoms with Crippen molar-refractivity contribution >= 4 is 5.82 Å². The van der Waals surface area contributed by atoms with E-state index >= 15 is 0 Å². The molecule has 0 aliphatic rings. The predicted molar refractivity (Wildman–Crippen MR) is 83.3 cm³/mol. The fourth-order valence-electron chi connectivity index (χ4n) is 1.74. The Balaban J connectivity index is 2.05. The molecule has 0 saturated heterocycles. The van der Waals surface area contributed by atoms with Gasteiger partial charge in [0, 0.05) is 31.4 Å². The molecule has 2 heterocycles. The van der Waals surface area contributed by atoms with E-state index in [1.807, 2.05) is 31.3 Å². The van der Waals surface area contributed by atoms with Gasteiger partial charge >= 0.3 is 0 Å². The number of nitrogens with zero attached hydrogens (tertiary/aromatic N) is 3. The van der Waals surface area contributed by atoms with Crippen LogP contribution in [0, 0.1) is 5.92 Å². The lowest BCUT2D eigenvalue weighted by Gasteiger charge is -2.11. The second-order valence-corrected chi connectivity index (χ2v) is 5.28. The van der Waals surface area contributed by atoms with E-state index in [-0.39, 0.29) is 0 Å². The first-order valence-corrected chi connectivity index (χ1v) is 7.31. The molecule has 112 valence electrons. The highest BCUT2D eigenvalue weighted by Crippen LogP contribution is 2.15. The molecule has 0 atom stereocenters. The van der Waals surface area contributed by atoms with Crippen molar-refractivity contribution in [2.75, 3.05) is 11.9 Å². The molecule has 0 unspecified atom stereocenters. The van der Waals surface area contributed by atoms with Gasteiger partial charge in [0.1, 0.15) is 11.6 Å². The highest BCUT2D eigenvalue weighted by molar-refractivity contribution is 5.39. The first kappa shape index (κ1) is 15.2. The van der Waals surface area contributed by atoms with Crippen molar-refractivity contribution in [3.05, 3.63) is 42.0 Å². The van der Waals surface area contributed by atoms with E-state index < -0.39 is 0 Å². The zero-order valence-electron chi connectivity index (χ0n) is 12.8. The van der Waals surface area contributed by atoms with Gasteiger partial charge in [-0.05, 0) is 17.5 Å². The zero-order chi connectivity index (χ0) is 15.1. The Kier molecular flexibility index (Phi) is 5.49. The van der Waals surface area contributed by atoms with Crippen molar-refractivity contribution in [3.8, 4) is 5.88 Å². The maximum Gasteiger partial charge on any atom is 0.218 e. The van der Waals surface area contributed by atoms with Crippen molar-refractivity contribution in [2.45, 2.75) is 33.7 Å². The topological polar surface area (TPSA) is 59.9 Å². The van der Waals surface area contributed by atoms with Crippen LogP contribution in [0.15, 0.2) is 30.6 Å². The molecular weight excluding hydrogens is 264 g/mol. The molecule has 0 fully saturated rings. The maximum atomic E-state index is 5.70. The first-order valence-electron chi connectivity index (χ1n) is 7.31. The first-order chi connectivity index (χ1) is 10.2. The Morgan fingerprint density at radius 3 is 2.81 bits per heavy atom. The molecule has 21 heavy (non-hydrogen) atoms. The molecule has 0 radical (unpaired) electrons. The Morgan fingerprint density at radius 2 is 2.14 bits per heavy atom. The van der Waals surface area contributed by atoms with Gasteiger partial charge in [-0.2, -0.15) is 4.98 Å². The monoisotopic (exact) mass is 286 g/mol. The van der Waals surface area contributed by atoms with E-state index in [1.165, 1.54) is 0 Å². The van der Waals surface area contributed by atoms with Crippen LogP contribution in [0.1, 0.15) is 32.2 Å². The highest BCUT2D eigenvalue weighted by atomic mass is 16.5. The number of pyridine rings is 1. The summed E-state index contributed by atoms with van der Waals surface area (Å²) in [5.74, 6) is 2.66. The molecule has 0 bridgehead atoms. The van der Waals surface area contributed by atoms with Gasteiger partial charge in [-0.25, -0.2) is 4.98 Å². The minimum absolute atomic E-state index is 0.469. The minimum Gasteiger partial charge on any atom is -0.477 e. The van der Waals surface area contributed by atoms with Gasteiger partial charge in [0.2, 0.25) is 5.88 Å². The molecule has 0 aliphatic heterocycles. The predicted octanol–water partition coefficient (Wildman–Crippen LogP) is 3.08. The minimum atomic E-state index is 0.469. The standard InChI is InChI=1S/C16H22N4O/c1-4-14-19-15(8-16(20-14)21-11-12(2)3)18-10-13-6-5-7-17-9-13/h5-9,12H,4,10-11H2,1-3H3,(H,18,19,20). The summed E-state index contributed by atoms with van der Waals surface area (Å²) >= 11 is 0. The number of nitrogens with one attached hydrogen (secondary N) is 1. The molecule has 0 aliphatic carbocycles. The Bertz CT molecular complexity index is 557. The third-order valence-electron chi connectivity index (χ3n) is 2.83. The molecule has 0 amide bonds. The van der Waals surface area contributed by atoms with E-state index in [9.17, 15) is 0 Å². The molecule has 2 aromatic heterocycles. The molecule has 0 saturated carbocycles. The van der Waals surface area contributed by atoms with Crippen LogP contribution in [0.3, 0.4) is 0 Å². The average molecular weight is 286 g/mol. The number of hydrogen-bond donors (Lipinski definition) is 1. The van der Waals surface area contributed by atoms with E-state index in [0.717, 1.165) is 23.6 Å². The maximum absolute atomic E-state index is 5.70. The van der Waals surface area contributed by atoms with Gasteiger partial charge < -0.3 is 10.1 Å². The summed E-state index contributed by atoms with van der Waals surface area (Å²) < 4.78 is 5.70. The van der Waals surface area contributed by atoms with Crippen LogP contribution in [-0.4, -0.2) is 21.6 Å². The SMILES string of the molecule is CCc1nc(NCc2cccnc2)cc(OCC(C)C)n1. The molecule has 2 aromatic rings. The summed E-state index contributed by atoms with van der Waals surface area (Å²) in [6, 6.07) is 5.79. The second-order valence-electron chi connectivity index (χ2n) is 5.28. The fourth-order valence-corrected chi connectivity index (χ4v) is 1.74. The van der Waals surface area contributed by atoms with Crippen LogP contribution in [0.2, 0.25) is 0 Å². The molecule has 0 aromatic carbocycles. The molecule has 2 rings (SSSR count). The zero-order valence-corrected chi connectivity index (χ0v) is 12.8. The van der Waals surface area contributed by atoms with E-state index in [4.69, 9.17) is 4.74 Å². The second kappa shape index (κ2) is 7.57. The molecule has 0 spiro atoms. The quantitative estimate of drug-likeness (QED) is 0.847. The third-order valence-corrected chi connectivity index (χ3v) is 2.83. The summed E-state index contributed by atoms with van der Waals surface area (Å²) in [4.78, 5) is 13.0. The van der Waals surface area contributed by atoms with Crippen molar-refractivity contribution < 1.29 is 4.74 Å². The van der Waals surface area contributed by atoms with Gasteiger partial charge in [0.25, 0.3) is 0 Å². The highest BCUT2D eigenvalue weighted by Gasteiger charge is 2.05. The van der Waals surface area contributed by atoms with Gasteiger partial charge in [-0.3, -0.25) is 4.98 Å². The van der Waals surface area contributed by atoms with Crippen LogP contribution < -0.4 is 10.1 Å². The van der Waals surface area contributed by atoms with Gasteiger partial charge in [-0.1, -0.05) is 26.8 Å². The van der Waals surface area contributed by atoms with Crippen LogP contribution in [-0.2, 0) is 13.0 Å². The van der Waals surface area contributed by atoms with Crippen molar-refractivity contribution in [1.82, 2.24) is 15.0 Å². The number of aryl methyl sites for hydroxylation is 1. The molecule has 5 nitrogen and oxygen atoms in total.